The molecule has 1 heterocycles. The van der Waals surface area contributed by atoms with Gasteiger partial charge >= 0.3 is 0 Å². The van der Waals surface area contributed by atoms with E-state index < -0.39 is 0 Å². The fourth-order valence-electron chi connectivity index (χ4n) is 2.15. The van der Waals surface area contributed by atoms with Crippen LogP contribution in [-0.2, 0) is 0 Å². The zero-order chi connectivity index (χ0) is 13.0. The van der Waals surface area contributed by atoms with Crippen LogP contribution in [0.5, 0.6) is 0 Å². The summed E-state index contributed by atoms with van der Waals surface area (Å²) in [6.45, 7) is 0.853. The van der Waals surface area contributed by atoms with Crippen molar-refractivity contribution in [3.63, 3.8) is 0 Å². The smallest absolute Gasteiger partial charge is 0.165 e. The SMILES string of the molecule is CN(CCC(=O)c1ccccc1Br)C1CCSC1. The molecule has 0 N–H and O–H groups in total. The quantitative estimate of drug-likeness (QED) is 0.772. The summed E-state index contributed by atoms with van der Waals surface area (Å²) in [6.07, 6.45) is 1.85. The van der Waals surface area contributed by atoms with Gasteiger partial charge in [-0.3, -0.25) is 4.79 Å². The van der Waals surface area contributed by atoms with Gasteiger partial charge in [0.05, 0.1) is 0 Å². The Morgan fingerprint density at radius 3 is 2.94 bits per heavy atom. The third kappa shape index (κ3) is 3.59. The first-order valence-electron chi connectivity index (χ1n) is 6.24. The van der Waals surface area contributed by atoms with Crippen LogP contribution in [0.15, 0.2) is 28.7 Å². The average molecular weight is 328 g/mol. The lowest BCUT2D eigenvalue weighted by atomic mass is 10.1. The van der Waals surface area contributed by atoms with Crippen LogP contribution in [0.25, 0.3) is 0 Å². The predicted octanol–water partition coefficient (Wildman–Crippen LogP) is 3.46. The van der Waals surface area contributed by atoms with E-state index in [1.807, 2.05) is 36.0 Å². The maximum Gasteiger partial charge on any atom is 0.165 e. The Hall–Kier alpha value is -0.320. The summed E-state index contributed by atoms with van der Waals surface area (Å²) in [4.78, 5) is 14.5. The molecule has 1 saturated heterocycles. The molecule has 2 nitrogen and oxygen atoms in total. The number of hydrogen-bond donors (Lipinski definition) is 0. The number of hydrogen-bond acceptors (Lipinski definition) is 3. The van der Waals surface area contributed by atoms with Crippen molar-refractivity contribution in [2.45, 2.75) is 18.9 Å². The first-order valence-corrected chi connectivity index (χ1v) is 8.19. The van der Waals surface area contributed by atoms with E-state index in [0.717, 1.165) is 16.6 Å². The van der Waals surface area contributed by atoms with Crippen LogP contribution in [-0.4, -0.2) is 41.8 Å². The van der Waals surface area contributed by atoms with E-state index >= 15 is 0 Å². The Morgan fingerprint density at radius 1 is 1.50 bits per heavy atom. The molecule has 2 rings (SSSR count). The molecular formula is C14H18BrNOS. The number of rotatable bonds is 5. The molecular weight excluding hydrogens is 310 g/mol. The highest BCUT2D eigenvalue weighted by Crippen LogP contribution is 2.22. The predicted molar refractivity (Wildman–Crippen MR) is 81.4 cm³/mol. The highest BCUT2D eigenvalue weighted by molar-refractivity contribution is 9.10. The number of carbonyl (C=O) groups excluding carboxylic acids is 1. The molecule has 0 saturated carbocycles. The van der Waals surface area contributed by atoms with Crippen LogP contribution in [0.1, 0.15) is 23.2 Å². The fraction of sp³-hybridized carbons (Fsp3) is 0.500. The molecule has 4 heteroatoms. The van der Waals surface area contributed by atoms with E-state index in [1.165, 1.54) is 17.9 Å². The number of Topliss-reactive ketones (excluding diaryl/α,β-unsaturated/α-hetero) is 1. The van der Waals surface area contributed by atoms with Gasteiger partial charge in [-0.25, -0.2) is 0 Å². The Kier molecular flexibility index (Phi) is 5.27. The molecule has 98 valence electrons. The first kappa shape index (κ1) is 14.1. The third-order valence-electron chi connectivity index (χ3n) is 3.39. The molecule has 1 atom stereocenters. The Morgan fingerprint density at radius 2 is 2.28 bits per heavy atom. The van der Waals surface area contributed by atoms with Gasteiger partial charge in [0.1, 0.15) is 0 Å². The molecule has 0 aliphatic carbocycles. The van der Waals surface area contributed by atoms with Gasteiger partial charge in [0.2, 0.25) is 0 Å². The second-order valence-electron chi connectivity index (χ2n) is 4.65. The van der Waals surface area contributed by atoms with Gasteiger partial charge < -0.3 is 4.90 Å². The number of halogens is 1. The summed E-state index contributed by atoms with van der Waals surface area (Å²) < 4.78 is 0.897. The number of thioether (sulfide) groups is 1. The van der Waals surface area contributed by atoms with Crippen LogP contribution in [0.2, 0.25) is 0 Å². The lowest BCUT2D eigenvalue weighted by molar-refractivity contribution is 0.0962. The molecule has 0 radical (unpaired) electrons. The highest BCUT2D eigenvalue weighted by Gasteiger charge is 2.20. The van der Waals surface area contributed by atoms with Crippen molar-refractivity contribution in [1.29, 1.82) is 0 Å². The molecule has 18 heavy (non-hydrogen) atoms. The summed E-state index contributed by atoms with van der Waals surface area (Å²) in [7, 11) is 2.13. The lowest BCUT2D eigenvalue weighted by Crippen LogP contribution is -2.33. The van der Waals surface area contributed by atoms with Crippen molar-refractivity contribution in [1.82, 2.24) is 4.90 Å². The van der Waals surface area contributed by atoms with Gasteiger partial charge in [-0.1, -0.05) is 34.1 Å². The van der Waals surface area contributed by atoms with Crippen LogP contribution in [0, 0.1) is 0 Å². The van der Waals surface area contributed by atoms with E-state index in [1.54, 1.807) is 0 Å². The van der Waals surface area contributed by atoms with E-state index in [4.69, 9.17) is 0 Å². The zero-order valence-corrected chi connectivity index (χ0v) is 13.0. The van der Waals surface area contributed by atoms with Crippen molar-refractivity contribution in [3.05, 3.63) is 34.3 Å². The standard InChI is InChI=1S/C14H18BrNOS/c1-16(11-7-9-18-10-11)8-6-14(17)12-4-2-3-5-13(12)15/h2-5,11H,6-10H2,1H3. The normalized spacial score (nSPS) is 19.4. The van der Waals surface area contributed by atoms with Crippen molar-refractivity contribution in [3.8, 4) is 0 Å². The van der Waals surface area contributed by atoms with Gasteiger partial charge in [0.15, 0.2) is 5.78 Å². The van der Waals surface area contributed by atoms with E-state index in [-0.39, 0.29) is 5.78 Å². The average Bonchev–Trinajstić information content (AvgIpc) is 2.90. The molecule has 1 unspecified atom stereocenters. The molecule has 1 fully saturated rings. The van der Waals surface area contributed by atoms with Gasteiger partial charge in [-0.15, -0.1) is 0 Å². The molecule has 0 aromatic heterocycles. The molecule has 0 bridgehead atoms. The lowest BCUT2D eigenvalue weighted by Gasteiger charge is -2.22. The molecule has 1 aromatic carbocycles. The molecule has 1 aromatic rings. The van der Waals surface area contributed by atoms with Crippen molar-refractivity contribution < 1.29 is 4.79 Å². The summed E-state index contributed by atoms with van der Waals surface area (Å²) in [6, 6.07) is 8.31. The summed E-state index contributed by atoms with van der Waals surface area (Å²) >= 11 is 5.44. The van der Waals surface area contributed by atoms with Crippen LogP contribution in [0.3, 0.4) is 0 Å². The molecule has 1 aliphatic heterocycles. The second-order valence-corrected chi connectivity index (χ2v) is 6.66. The summed E-state index contributed by atoms with van der Waals surface area (Å²) in [5, 5.41) is 0. The maximum absolute atomic E-state index is 12.1. The summed E-state index contributed by atoms with van der Waals surface area (Å²) in [5.74, 6) is 2.69. The topological polar surface area (TPSA) is 20.3 Å². The minimum Gasteiger partial charge on any atom is -0.302 e. The second kappa shape index (κ2) is 6.73. The first-order chi connectivity index (χ1) is 8.68. The summed E-state index contributed by atoms with van der Waals surface area (Å²) in [5.41, 5.74) is 0.798. The Balaban J connectivity index is 1.86. The monoisotopic (exact) mass is 327 g/mol. The van der Waals surface area contributed by atoms with Crippen LogP contribution in [0.4, 0.5) is 0 Å². The van der Waals surface area contributed by atoms with E-state index in [0.29, 0.717) is 12.5 Å². The minimum absolute atomic E-state index is 0.222. The number of nitrogens with zero attached hydrogens (tertiary/aromatic N) is 1. The third-order valence-corrected chi connectivity index (χ3v) is 5.23. The Bertz CT molecular complexity index is 418. The highest BCUT2D eigenvalue weighted by atomic mass is 79.9. The minimum atomic E-state index is 0.222. The van der Waals surface area contributed by atoms with E-state index in [9.17, 15) is 4.79 Å². The van der Waals surface area contributed by atoms with Gasteiger partial charge in [-0.05, 0) is 25.3 Å². The van der Waals surface area contributed by atoms with Crippen molar-refractivity contribution in [2.24, 2.45) is 0 Å². The maximum atomic E-state index is 12.1. The number of ketones is 1. The number of benzene rings is 1. The molecule has 0 spiro atoms. The zero-order valence-electron chi connectivity index (χ0n) is 10.6. The van der Waals surface area contributed by atoms with Crippen LogP contribution >= 0.6 is 27.7 Å². The fourth-order valence-corrected chi connectivity index (χ4v) is 3.96. The van der Waals surface area contributed by atoms with Gasteiger partial charge in [0, 0.05) is 34.8 Å². The van der Waals surface area contributed by atoms with Gasteiger partial charge in [-0.2, -0.15) is 11.8 Å². The largest absolute Gasteiger partial charge is 0.302 e. The molecule has 0 amide bonds. The number of carbonyl (C=O) groups is 1. The van der Waals surface area contributed by atoms with Gasteiger partial charge in [0.25, 0.3) is 0 Å². The van der Waals surface area contributed by atoms with E-state index in [2.05, 4.69) is 27.9 Å². The van der Waals surface area contributed by atoms with Crippen molar-refractivity contribution in [2.75, 3.05) is 25.1 Å². The van der Waals surface area contributed by atoms with Crippen molar-refractivity contribution >= 4 is 33.5 Å². The Labute approximate surface area is 121 Å². The van der Waals surface area contributed by atoms with Crippen LogP contribution < -0.4 is 0 Å². The molecule has 1 aliphatic rings.